The maximum Gasteiger partial charge on any atom is 0.227 e. The second kappa shape index (κ2) is 9.61. The maximum absolute atomic E-state index is 13.1. The minimum Gasteiger partial charge on any atom is -0.312 e. The summed E-state index contributed by atoms with van der Waals surface area (Å²) in [6.07, 6.45) is 4.85. The van der Waals surface area contributed by atoms with Crippen LogP contribution in [-0.2, 0) is 4.79 Å². The average molecular weight is 470 g/mol. The number of anilines is 1. The molecule has 1 amide bonds. The van der Waals surface area contributed by atoms with Gasteiger partial charge in [0.05, 0.1) is 11.4 Å². The van der Waals surface area contributed by atoms with Crippen LogP contribution < -0.4 is 4.90 Å². The van der Waals surface area contributed by atoms with Gasteiger partial charge < -0.3 is 4.90 Å². The molecule has 34 heavy (non-hydrogen) atoms. The van der Waals surface area contributed by atoms with Gasteiger partial charge in [-0.1, -0.05) is 42.1 Å². The van der Waals surface area contributed by atoms with Crippen molar-refractivity contribution >= 4 is 29.1 Å². The number of aryl methyl sites for hydroxylation is 1. The molecule has 0 bridgehead atoms. The van der Waals surface area contributed by atoms with Gasteiger partial charge in [0.25, 0.3) is 0 Å². The van der Waals surface area contributed by atoms with Gasteiger partial charge >= 0.3 is 0 Å². The van der Waals surface area contributed by atoms with E-state index >= 15 is 0 Å². The number of aromatic nitrogens is 4. The van der Waals surface area contributed by atoms with Gasteiger partial charge in [0.15, 0.2) is 16.8 Å². The Balaban J connectivity index is 1.42. The molecule has 0 radical (unpaired) electrons. The largest absolute Gasteiger partial charge is 0.312 e. The van der Waals surface area contributed by atoms with E-state index in [-0.39, 0.29) is 17.4 Å². The first kappa shape index (κ1) is 22.0. The summed E-state index contributed by atoms with van der Waals surface area (Å²) >= 11 is 1.35. The molecule has 1 aliphatic rings. The van der Waals surface area contributed by atoms with Crippen LogP contribution in [0.15, 0.2) is 78.2 Å². The molecule has 0 atom stereocenters. The number of hydrogen-bond acceptors (Lipinski definition) is 6. The van der Waals surface area contributed by atoms with Gasteiger partial charge in [-0.2, -0.15) is 0 Å². The standard InChI is InChI=1S/C26H23N5O2S/c1-18-6-2-3-9-22(18)31-25(19-11-13-27-14-12-19)28-29-26(31)34-17-23(32)20-7-4-8-21(16-20)30-15-5-10-24(30)33/h2-4,6-9,11-14,16H,5,10,15,17H2,1H3. The van der Waals surface area contributed by atoms with E-state index in [1.54, 1.807) is 29.4 Å². The van der Waals surface area contributed by atoms with Crippen molar-refractivity contribution in [2.24, 2.45) is 0 Å². The fraction of sp³-hybridized carbons (Fsp3) is 0.192. The second-order valence-corrected chi connectivity index (χ2v) is 9.02. The molecule has 8 heteroatoms. The highest BCUT2D eigenvalue weighted by molar-refractivity contribution is 7.99. The van der Waals surface area contributed by atoms with E-state index in [1.807, 2.05) is 60.0 Å². The Morgan fingerprint density at radius 3 is 2.62 bits per heavy atom. The van der Waals surface area contributed by atoms with Gasteiger partial charge in [0.2, 0.25) is 5.91 Å². The van der Waals surface area contributed by atoms with Crippen LogP contribution in [0.25, 0.3) is 17.1 Å². The van der Waals surface area contributed by atoms with Crippen molar-refractivity contribution in [1.82, 2.24) is 19.7 Å². The number of carbonyl (C=O) groups excluding carboxylic acids is 2. The Morgan fingerprint density at radius 2 is 1.85 bits per heavy atom. The van der Waals surface area contributed by atoms with Crippen molar-refractivity contribution in [3.05, 3.63) is 84.2 Å². The topological polar surface area (TPSA) is 81.0 Å². The Labute approximate surface area is 201 Å². The molecular formula is C26H23N5O2S. The third-order valence-corrected chi connectivity index (χ3v) is 6.74. The Bertz CT molecular complexity index is 1350. The number of pyridine rings is 1. The van der Waals surface area contributed by atoms with Crippen LogP contribution in [-0.4, -0.2) is 43.7 Å². The number of carbonyl (C=O) groups is 2. The van der Waals surface area contributed by atoms with E-state index in [1.165, 1.54) is 11.8 Å². The molecule has 2 aromatic heterocycles. The summed E-state index contributed by atoms with van der Waals surface area (Å²) < 4.78 is 1.99. The molecule has 0 saturated carbocycles. The molecule has 0 unspecified atom stereocenters. The van der Waals surface area contributed by atoms with Crippen LogP contribution >= 0.6 is 11.8 Å². The highest BCUT2D eigenvalue weighted by Crippen LogP contribution is 2.30. The summed E-state index contributed by atoms with van der Waals surface area (Å²) in [6.45, 7) is 2.74. The molecule has 170 valence electrons. The SMILES string of the molecule is Cc1ccccc1-n1c(SCC(=O)c2cccc(N3CCCC3=O)c2)nnc1-c1ccncc1. The number of thioether (sulfide) groups is 1. The van der Waals surface area contributed by atoms with Crippen molar-refractivity contribution in [3.8, 4) is 17.1 Å². The number of ketones is 1. The van der Waals surface area contributed by atoms with E-state index < -0.39 is 0 Å². The zero-order valence-electron chi connectivity index (χ0n) is 18.7. The molecule has 2 aromatic carbocycles. The summed E-state index contributed by atoms with van der Waals surface area (Å²) in [5.41, 5.74) is 4.30. The first-order valence-electron chi connectivity index (χ1n) is 11.1. The summed E-state index contributed by atoms with van der Waals surface area (Å²) in [6, 6.07) is 19.1. The lowest BCUT2D eigenvalue weighted by atomic mass is 10.1. The number of para-hydroxylation sites is 1. The van der Waals surface area contributed by atoms with Gasteiger partial charge in [-0.15, -0.1) is 10.2 Å². The fourth-order valence-electron chi connectivity index (χ4n) is 4.06. The number of Topliss-reactive ketones (excluding diaryl/α,β-unsaturated/α-hetero) is 1. The van der Waals surface area contributed by atoms with Crippen molar-refractivity contribution in [2.45, 2.75) is 24.9 Å². The molecule has 1 fully saturated rings. The highest BCUT2D eigenvalue weighted by atomic mass is 32.2. The van der Waals surface area contributed by atoms with Crippen molar-refractivity contribution < 1.29 is 9.59 Å². The molecule has 0 N–H and O–H groups in total. The van der Waals surface area contributed by atoms with E-state index in [0.29, 0.717) is 29.5 Å². The van der Waals surface area contributed by atoms with Gasteiger partial charge in [-0.25, -0.2) is 0 Å². The smallest absolute Gasteiger partial charge is 0.227 e. The zero-order valence-corrected chi connectivity index (χ0v) is 19.5. The van der Waals surface area contributed by atoms with Gasteiger partial charge in [0.1, 0.15) is 0 Å². The first-order valence-corrected chi connectivity index (χ1v) is 12.1. The van der Waals surface area contributed by atoms with Crippen LogP contribution in [0.4, 0.5) is 5.69 Å². The van der Waals surface area contributed by atoms with Crippen molar-refractivity contribution in [2.75, 3.05) is 17.2 Å². The fourth-order valence-corrected chi connectivity index (χ4v) is 4.90. The molecule has 4 aromatic rings. The summed E-state index contributed by atoms with van der Waals surface area (Å²) in [7, 11) is 0. The summed E-state index contributed by atoms with van der Waals surface area (Å²) in [5, 5.41) is 9.49. The lowest BCUT2D eigenvalue weighted by Gasteiger charge is -2.16. The Kier molecular flexibility index (Phi) is 6.22. The normalized spacial score (nSPS) is 13.4. The number of benzene rings is 2. The molecular weight excluding hydrogens is 446 g/mol. The second-order valence-electron chi connectivity index (χ2n) is 8.08. The highest BCUT2D eigenvalue weighted by Gasteiger charge is 2.23. The minimum absolute atomic E-state index is 0.0247. The van der Waals surface area contributed by atoms with Crippen LogP contribution in [0, 0.1) is 6.92 Å². The monoisotopic (exact) mass is 469 g/mol. The molecule has 0 aliphatic carbocycles. The van der Waals surface area contributed by atoms with Gasteiger partial charge in [-0.3, -0.25) is 19.1 Å². The molecule has 1 aliphatic heterocycles. The number of hydrogen-bond donors (Lipinski definition) is 0. The van der Waals surface area contributed by atoms with Crippen molar-refractivity contribution in [3.63, 3.8) is 0 Å². The van der Waals surface area contributed by atoms with Crippen LogP contribution in [0.5, 0.6) is 0 Å². The molecule has 3 heterocycles. The quantitative estimate of drug-likeness (QED) is 0.287. The average Bonchev–Trinajstić information content (AvgIpc) is 3.49. The molecule has 1 saturated heterocycles. The molecule has 7 nitrogen and oxygen atoms in total. The number of amides is 1. The van der Waals surface area contributed by atoms with Gasteiger partial charge in [0, 0.05) is 42.2 Å². The van der Waals surface area contributed by atoms with E-state index in [2.05, 4.69) is 15.2 Å². The van der Waals surface area contributed by atoms with Crippen LogP contribution in [0.2, 0.25) is 0 Å². The lowest BCUT2D eigenvalue weighted by Crippen LogP contribution is -2.23. The summed E-state index contributed by atoms with van der Waals surface area (Å²) in [5.74, 6) is 0.982. The molecule has 5 rings (SSSR count). The van der Waals surface area contributed by atoms with E-state index in [0.717, 1.165) is 28.9 Å². The zero-order chi connectivity index (χ0) is 23.5. The third-order valence-electron chi connectivity index (χ3n) is 5.81. The summed E-state index contributed by atoms with van der Waals surface area (Å²) in [4.78, 5) is 31.0. The van der Waals surface area contributed by atoms with Crippen LogP contribution in [0.1, 0.15) is 28.8 Å². The predicted octanol–water partition coefficient (Wildman–Crippen LogP) is 4.74. The van der Waals surface area contributed by atoms with E-state index in [4.69, 9.17) is 0 Å². The van der Waals surface area contributed by atoms with Gasteiger partial charge in [-0.05, 0) is 49.2 Å². The third kappa shape index (κ3) is 4.36. The Morgan fingerprint density at radius 1 is 1.03 bits per heavy atom. The van der Waals surface area contributed by atoms with E-state index in [9.17, 15) is 9.59 Å². The van der Waals surface area contributed by atoms with Crippen LogP contribution in [0.3, 0.4) is 0 Å². The number of nitrogens with zero attached hydrogens (tertiary/aromatic N) is 5. The maximum atomic E-state index is 13.1. The van der Waals surface area contributed by atoms with Crippen molar-refractivity contribution in [1.29, 1.82) is 0 Å². The number of rotatable bonds is 7. The lowest BCUT2D eigenvalue weighted by molar-refractivity contribution is -0.117. The Hall–Kier alpha value is -3.78. The predicted molar refractivity (Wildman–Crippen MR) is 132 cm³/mol. The minimum atomic E-state index is -0.0247. The molecule has 0 spiro atoms. The first-order chi connectivity index (χ1) is 16.6.